The molecule has 7 nitrogen and oxygen atoms in total. The summed E-state index contributed by atoms with van der Waals surface area (Å²) < 4.78 is 28.5. The van der Waals surface area contributed by atoms with Crippen LogP contribution in [0.3, 0.4) is 0 Å². The summed E-state index contributed by atoms with van der Waals surface area (Å²) in [5.74, 6) is 0. The van der Waals surface area contributed by atoms with Gasteiger partial charge in [0.15, 0.2) is 0 Å². The van der Waals surface area contributed by atoms with Gasteiger partial charge in [0.25, 0.3) is 0 Å². The van der Waals surface area contributed by atoms with E-state index in [9.17, 15) is 8.42 Å². The van der Waals surface area contributed by atoms with Gasteiger partial charge in [-0.05, 0) is 31.0 Å². The SMILES string of the molecule is Cn1nnc2cc(S(=O)(=O)N3CCC[C@H]3CC#N)ccc21. The second kappa shape index (κ2) is 5.09. The number of aromatic nitrogens is 3. The molecule has 1 aromatic carbocycles. The molecule has 0 spiro atoms. The van der Waals surface area contributed by atoms with Gasteiger partial charge < -0.3 is 0 Å². The van der Waals surface area contributed by atoms with Crippen molar-refractivity contribution in [2.24, 2.45) is 7.05 Å². The third-order valence-corrected chi connectivity index (χ3v) is 5.79. The van der Waals surface area contributed by atoms with E-state index in [2.05, 4.69) is 16.4 Å². The summed E-state index contributed by atoms with van der Waals surface area (Å²) in [7, 11) is -1.83. The number of sulfonamides is 1. The molecule has 110 valence electrons. The molecule has 3 rings (SSSR count). The quantitative estimate of drug-likeness (QED) is 0.844. The molecule has 1 aromatic heterocycles. The number of benzene rings is 1. The summed E-state index contributed by atoms with van der Waals surface area (Å²) in [5.41, 5.74) is 1.33. The summed E-state index contributed by atoms with van der Waals surface area (Å²) in [5, 5.41) is 16.7. The molecular weight excluding hydrogens is 290 g/mol. The second-order valence-electron chi connectivity index (χ2n) is 5.14. The van der Waals surface area contributed by atoms with Crippen LogP contribution in [0.15, 0.2) is 23.1 Å². The highest BCUT2D eigenvalue weighted by atomic mass is 32.2. The maximum absolute atomic E-state index is 12.7. The molecule has 2 heterocycles. The fraction of sp³-hybridized carbons (Fsp3) is 0.462. The van der Waals surface area contributed by atoms with Crippen molar-refractivity contribution >= 4 is 21.1 Å². The van der Waals surface area contributed by atoms with E-state index in [1.807, 2.05) is 0 Å². The summed E-state index contributed by atoms with van der Waals surface area (Å²) in [6.45, 7) is 0.465. The van der Waals surface area contributed by atoms with Gasteiger partial charge >= 0.3 is 0 Å². The van der Waals surface area contributed by atoms with Crippen molar-refractivity contribution in [2.45, 2.75) is 30.2 Å². The molecule has 0 bridgehead atoms. The van der Waals surface area contributed by atoms with E-state index in [-0.39, 0.29) is 17.4 Å². The smallest absolute Gasteiger partial charge is 0.243 e. The number of nitrogens with zero attached hydrogens (tertiary/aromatic N) is 5. The van der Waals surface area contributed by atoms with Gasteiger partial charge in [0.05, 0.1) is 22.9 Å². The molecule has 0 amide bonds. The minimum atomic E-state index is -3.59. The molecule has 1 atom stereocenters. The van der Waals surface area contributed by atoms with E-state index in [0.717, 1.165) is 18.4 Å². The average Bonchev–Trinajstić information content (AvgIpc) is 3.07. The molecule has 0 saturated carbocycles. The molecule has 0 radical (unpaired) electrons. The van der Waals surface area contributed by atoms with Crippen LogP contribution in [-0.2, 0) is 17.1 Å². The fourth-order valence-electron chi connectivity index (χ4n) is 2.75. The maximum atomic E-state index is 12.7. The van der Waals surface area contributed by atoms with E-state index in [1.165, 1.54) is 4.31 Å². The Kier molecular flexibility index (Phi) is 3.39. The van der Waals surface area contributed by atoms with Crippen LogP contribution in [0, 0.1) is 11.3 Å². The first-order chi connectivity index (χ1) is 10.0. The van der Waals surface area contributed by atoms with Crippen molar-refractivity contribution in [3.8, 4) is 6.07 Å². The zero-order valence-electron chi connectivity index (χ0n) is 11.6. The van der Waals surface area contributed by atoms with Crippen LogP contribution >= 0.6 is 0 Å². The number of aryl methyl sites for hydroxylation is 1. The Bertz CT molecular complexity index is 821. The minimum absolute atomic E-state index is 0.209. The Hall–Kier alpha value is -1.98. The largest absolute Gasteiger partial charge is 0.248 e. The summed E-state index contributed by atoms with van der Waals surface area (Å²) >= 11 is 0. The lowest BCUT2D eigenvalue weighted by molar-refractivity contribution is 0.392. The van der Waals surface area contributed by atoms with Crippen LogP contribution in [0.4, 0.5) is 0 Å². The van der Waals surface area contributed by atoms with E-state index >= 15 is 0 Å². The molecule has 21 heavy (non-hydrogen) atoms. The summed E-state index contributed by atoms with van der Waals surface area (Å²) in [6, 6.07) is 6.66. The highest BCUT2D eigenvalue weighted by Gasteiger charge is 2.35. The molecule has 8 heteroatoms. The first-order valence-electron chi connectivity index (χ1n) is 6.72. The van der Waals surface area contributed by atoms with Gasteiger partial charge in [0.2, 0.25) is 10.0 Å². The molecule has 1 fully saturated rings. The monoisotopic (exact) mass is 305 g/mol. The number of rotatable bonds is 3. The Morgan fingerprint density at radius 1 is 1.48 bits per heavy atom. The van der Waals surface area contributed by atoms with Crippen molar-refractivity contribution in [3.63, 3.8) is 0 Å². The second-order valence-corrected chi connectivity index (χ2v) is 7.03. The third kappa shape index (κ3) is 2.28. The lowest BCUT2D eigenvalue weighted by atomic mass is 10.2. The van der Waals surface area contributed by atoms with Gasteiger partial charge in [0, 0.05) is 19.6 Å². The zero-order chi connectivity index (χ0) is 15.0. The van der Waals surface area contributed by atoms with E-state index < -0.39 is 10.0 Å². The van der Waals surface area contributed by atoms with Gasteiger partial charge in [-0.15, -0.1) is 5.10 Å². The highest BCUT2D eigenvalue weighted by molar-refractivity contribution is 7.89. The lowest BCUT2D eigenvalue weighted by Gasteiger charge is -2.22. The van der Waals surface area contributed by atoms with Crippen LogP contribution in [0.1, 0.15) is 19.3 Å². The van der Waals surface area contributed by atoms with E-state index in [0.29, 0.717) is 12.1 Å². The number of hydrogen-bond acceptors (Lipinski definition) is 5. The third-order valence-electron chi connectivity index (χ3n) is 3.84. The Morgan fingerprint density at radius 3 is 3.05 bits per heavy atom. The van der Waals surface area contributed by atoms with Crippen molar-refractivity contribution < 1.29 is 8.42 Å². The molecule has 0 unspecified atom stereocenters. The van der Waals surface area contributed by atoms with Crippen LogP contribution in [0.2, 0.25) is 0 Å². The van der Waals surface area contributed by atoms with Crippen LogP contribution in [0.25, 0.3) is 11.0 Å². The van der Waals surface area contributed by atoms with Gasteiger partial charge in [-0.3, -0.25) is 0 Å². The summed E-state index contributed by atoms with van der Waals surface area (Å²) in [4.78, 5) is 0.209. The molecular formula is C13H15N5O2S. The minimum Gasteiger partial charge on any atom is -0.248 e. The average molecular weight is 305 g/mol. The maximum Gasteiger partial charge on any atom is 0.243 e. The van der Waals surface area contributed by atoms with Crippen molar-refractivity contribution in [2.75, 3.05) is 6.54 Å². The Morgan fingerprint density at radius 2 is 2.29 bits per heavy atom. The van der Waals surface area contributed by atoms with Crippen LogP contribution < -0.4 is 0 Å². The number of hydrogen-bond donors (Lipinski definition) is 0. The van der Waals surface area contributed by atoms with Gasteiger partial charge in [-0.2, -0.15) is 9.57 Å². The number of fused-ring (bicyclic) bond motifs is 1. The Labute approximate surface area is 122 Å². The predicted octanol–water partition coefficient (Wildman–Crippen LogP) is 1.04. The van der Waals surface area contributed by atoms with Gasteiger partial charge in [0.1, 0.15) is 5.52 Å². The van der Waals surface area contributed by atoms with Crippen molar-refractivity contribution in [1.82, 2.24) is 19.3 Å². The predicted molar refractivity (Wildman–Crippen MR) is 75.7 cm³/mol. The van der Waals surface area contributed by atoms with Crippen LogP contribution in [0.5, 0.6) is 0 Å². The Balaban J connectivity index is 2.01. The number of nitriles is 1. The van der Waals surface area contributed by atoms with E-state index in [1.54, 1.807) is 29.9 Å². The first-order valence-corrected chi connectivity index (χ1v) is 8.16. The molecule has 2 aromatic rings. The topological polar surface area (TPSA) is 91.9 Å². The molecule has 1 saturated heterocycles. The molecule has 1 aliphatic heterocycles. The normalized spacial score (nSPS) is 19.9. The van der Waals surface area contributed by atoms with Gasteiger partial charge in [-0.1, -0.05) is 5.21 Å². The first kappa shape index (κ1) is 14.0. The van der Waals surface area contributed by atoms with Crippen molar-refractivity contribution in [1.29, 1.82) is 5.26 Å². The van der Waals surface area contributed by atoms with Crippen molar-refractivity contribution in [3.05, 3.63) is 18.2 Å². The molecule has 0 aliphatic carbocycles. The lowest BCUT2D eigenvalue weighted by Crippen LogP contribution is -2.35. The fourth-order valence-corrected chi connectivity index (χ4v) is 4.46. The summed E-state index contributed by atoms with van der Waals surface area (Å²) in [6.07, 6.45) is 1.76. The highest BCUT2D eigenvalue weighted by Crippen LogP contribution is 2.28. The van der Waals surface area contributed by atoms with Crippen LogP contribution in [-0.4, -0.2) is 40.3 Å². The molecule has 1 aliphatic rings. The van der Waals surface area contributed by atoms with Gasteiger partial charge in [-0.25, -0.2) is 13.1 Å². The van der Waals surface area contributed by atoms with E-state index in [4.69, 9.17) is 5.26 Å². The zero-order valence-corrected chi connectivity index (χ0v) is 12.4. The standard InChI is InChI=1S/C13H15N5O2S/c1-17-13-5-4-11(9-12(13)15-16-17)21(19,20)18-8-2-3-10(18)6-7-14/h4-5,9-10H,2-3,6,8H2,1H3/t10-/m0/s1. The molecule has 0 N–H and O–H groups in total.